The average molecular weight is 281 g/mol. The predicted octanol–water partition coefficient (Wildman–Crippen LogP) is 2.85. The van der Waals surface area contributed by atoms with Crippen LogP contribution in [0, 0.1) is 0 Å². The Kier molecular flexibility index (Phi) is 3.88. The summed E-state index contributed by atoms with van der Waals surface area (Å²) in [5.41, 5.74) is 2.94. The Balaban J connectivity index is 2.00. The van der Waals surface area contributed by atoms with E-state index in [9.17, 15) is 5.11 Å². The molecule has 0 bridgehead atoms. The van der Waals surface area contributed by atoms with E-state index in [1.807, 2.05) is 47.0 Å². The fourth-order valence-electron chi connectivity index (χ4n) is 2.57. The number of aliphatic hydroxyl groups excluding tert-OH is 1. The third-order valence-electron chi connectivity index (χ3n) is 3.66. The van der Waals surface area contributed by atoms with Crippen molar-refractivity contribution >= 4 is 11.5 Å². The first-order valence-electron chi connectivity index (χ1n) is 7.19. The Bertz CT molecular complexity index is 721. The van der Waals surface area contributed by atoms with Gasteiger partial charge in [-0.15, -0.1) is 0 Å². The van der Waals surface area contributed by atoms with Crippen molar-refractivity contribution in [3.63, 3.8) is 0 Å². The monoisotopic (exact) mass is 281 g/mol. The van der Waals surface area contributed by atoms with Gasteiger partial charge in [-0.25, -0.2) is 4.98 Å². The van der Waals surface area contributed by atoms with Gasteiger partial charge in [-0.2, -0.15) is 0 Å². The van der Waals surface area contributed by atoms with Crippen molar-refractivity contribution in [3.05, 3.63) is 66.0 Å². The molecule has 3 aromatic rings. The average Bonchev–Trinajstić information content (AvgIpc) is 2.92. The van der Waals surface area contributed by atoms with Gasteiger partial charge in [0.1, 0.15) is 5.65 Å². The lowest BCUT2D eigenvalue weighted by atomic mass is 10.2. The highest BCUT2D eigenvalue weighted by Crippen LogP contribution is 2.23. The van der Waals surface area contributed by atoms with E-state index < -0.39 is 0 Å². The van der Waals surface area contributed by atoms with Crippen molar-refractivity contribution in [1.29, 1.82) is 0 Å². The van der Waals surface area contributed by atoms with Crippen LogP contribution in [0.4, 0.5) is 5.82 Å². The largest absolute Gasteiger partial charge is 0.390 e. The van der Waals surface area contributed by atoms with Gasteiger partial charge in [0.15, 0.2) is 5.82 Å². The maximum atomic E-state index is 9.73. The van der Waals surface area contributed by atoms with Crippen molar-refractivity contribution in [2.75, 3.05) is 11.4 Å². The lowest BCUT2D eigenvalue weighted by molar-refractivity contribution is 0.276. The van der Waals surface area contributed by atoms with Crippen LogP contribution in [0.15, 0.2) is 54.7 Å². The highest BCUT2D eigenvalue weighted by Gasteiger charge is 2.16. The normalized spacial score (nSPS) is 11.0. The van der Waals surface area contributed by atoms with Gasteiger partial charge in [-0.05, 0) is 24.6 Å². The van der Waals surface area contributed by atoms with E-state index in [-0.39, 0.29) is 6.61 Å². The first-order chi connectivity index (χ1) is 10.3. The Morgan fingerprint density at radius 2 is 1.86 bits per heavy atom. The van der Waals surface area contributed by atoms with Crippen LogP contribution < -0.4 is 4.90 Å². The van der Waals surface area contributed by atoms with Crippen LogP contribution in [0.5, 0.6) is 0 Å². The van der Waals surface area contributed by atoms with E-state index in [2.05, 4.69) is 28.9 Å². The van der Waals surface area contributed by atoms with Crippen LogP contribution >= 0.6 is 0 Å². The molecular weight excluding hydrogens is 262 g/mol. The summed E-state index contributed by atoms with van der Waals surface area (Å²) in [5, 5.41) is 9.73. The zero-order valence-electron chi connectivity index (χ0n) is 12.1. The highest BCUT2D eigenvalue weighted by molar-refractivity contribution is 5.56. The summed E-state index contributed by atoms with van der Waals surface area (Å²) in [4.78, 5) is 6.87. The molecule has 0 unspecified atom stereocenters. The van der Waals surface area contributed by atoms with E-state index in [4.69, 9.17) is 0 Å². The summed E-state index contributed by atoms with van der Waals surface area (Å²) in [7, 11) is 0. The quantitative estimate of drug-likeness (QED) is 0.782. The summed E-state index contributed by atoms with van der Waals surface area (Å²) in [6, 6.07) is 16.2. The number of imidazole rings is 1. The minimum Gasteiger partial charge on any atom is -0.390 e. The maximum absolute atomic E-state index is 9.73. The van der Waals surface area contributed by atoms with Crippen LogP contribution in [0.25, 0.3) is 5.65 Å². The molecule has 0 amide bonds. The van der Waals surface area contributed by atoms with Gasteiger partial charge in [0.25, 0.3) is 0 Å². The Morgan fingerprint density at radius 3 is 2.57 bits per heavy atom. The number of fused-ring (bicyclic) bond motifs is 1. The van der Waals surface area contributed by atoms with Gasteiger partial charge < -0.3 is 10.0 Å². The van der Waals surface area contributed by atoms with Crippen LogP contribution in [-0.4, -0.2) is 21.0 Å². The zero-order chi connectivity index (χ0) is 14.7. The molecule has 21 heavy (non-hydrogen) atoms. The second-order valence-corrected chi connectivity index (χ2v) is 4.97. The topological polar surface area (TPSA) is 40.8 Å². The van der Waals surface area contributed by atoms with Crippen molar-refractivity contribution in [2.45, 2.75) is 20.1 Å². The lowest BCUT2D eigenvalue weighted by Gasteiger charge is -2.21. The van der Waals surface area contributed by atoms with Gasteiger partial charge in [0, 0.05) is 19.3 Å². The van der Waals surface area contributed by atoms with Gasteiger partial charge in [0.2, 0.25) is 0 Å². The first-order valence-corrected chi connectivity index (χ1v) is 7.19. The van der Waals surface area contributed by atoms with Crippen molar-refractivity contribution in [2.24, 2.45) is 0 Å². The molecule has 2 heterocycles. The lowest BCUT2D eigenvalue weighted by Crippen LogP contribution is -2.23. The number of hydrogen-bond acceptors (Lipinski definition) is 3. The molecule has 1 N–H and O–H groups in total. The molecule has 0 radical (unpaired) electrons. The van der Waals surface area contributed by atoms with E-state index in [0.29, 0.717) is 0 Å². The third-order valence-corrected chi connectivity index (χ3v) is 3.66. The van der Waals surface area contributed by atoms with Crippen LogP contribution in [0.3, 0.4) is 0 Å². The minimum atomic E-state index is -0.0220. The SMILES string of the molecule is CCN(Cc1ccccc1)c1nc2ccccn2c1CO. The van der Waals surface area contributed by atoms with E-state index in [1.54, 1.807) is 0 Å². The maximum Gasteiger partial charge on any atom is 0.153 e. The van der Waals surface area contributed by atoms with Gasteiger partial charge in [-0.3, -0.25) is 4.40 Å². The van der Waals surface area contributed by atoms with Gasteiger partial charge in [0.05, 0.1) is 12.3 Å². The summed E-state index contributed by atoms with van der Waals surface area (Å²) >= 11 is 0. The summed E-state index contributed by atoms with van der Waals surface area (Å²) in [6.07, 6.45) is 1.94. The Labute approximate surface area is 124 Å². The molecule has 0 spiro atoms. The van der Waals surface area contributed by atoms with Crippen LogP contribution in [-0.2, 0) is 13.2 Å². The smallest absolute Gasteiger partial charge is 0.153 e. The molecule has 0 fully saturated rings. The van der Waals surface area contributed by atoms with Crippen molar-refractivity contribution in [1.82, 2.24) is 9.38 Å². The molecule has 0 saturated heterocycles. The molecule has 0 atom stereocenters. The summed E-state index contributed by atoms with van der Waals surface area (Å²) < 4.78 is 1.95. The Morgan fingerprint density at radius 1 is 1.10 bits per heavy atom. The summed E-state index contributed by atoms with van der Waals surface area (Å²) in [6.45, 7) is 3.71. The molecule has 3 rings (SSSR count). The number of pyridine rings is 1. The molecular formula is C17H19N3O. The van der Waals surface area contributed by atoms with Crippen molar-refractivity contribution in [3.8, 4) is 0 Å². The molecule has 0 saturated carbocycles. The number of nitrogens with zero attached hydrogens (tertiary/aromatic N) is 3. The highest BCUT2D eigenvalue weighted by atomic mass is 16.3. The standard InChI is InChI=1S/C17H19N3O/c1-2-19(12-14-8-4-3-5-9-14)17-15(13-21)20-11-7-6-10-16(20)18-17/h3-11,21H,2,12-13H2,1H3. The second-order valence-electron chi connectivity index (χ2n) is 4.97. The molecule has 4 heteroatoms. The fourth-order valence-corrected chi connectivity index (χ4v) is 2.57. The predicted molar refractivity (Wildman–Crippen MR) is 84.3 cm³/mol. The first kappa shape index (κ1) is 13.6. The van der Waals surface area contributed by atoms with Gasteiger partial charge >= 0.3 is 0 Å². The minimum absolute atomic E-state index is 0.0220. The number of hydrogen-bond donors (Lipinski definition) is 1. The molecule has 108 valence electrons. The van der Waals surface area contributed by atoms with Crippen LogP contribution in [0.1, 0.15) is 18.2 Å². The Hall–Kier alpha value is -2.33. The van der Waals surface area contributed by atoms with Crippen LogP contribution in [0.2, 0.25) is 0 Å². The van der Waals surface area contributed by atoms with Crippen molar-refractivity contribution < 1.29 is 5.11 Å². The van der Waals surface area contributed by atoms with Gasteiger partial charge in [-0.1, -0.05) is 36.4 Å². The summed E-state index contributed by atoms with van der Waals surface area (Å²) in [5.74, 6) is 0.857. The molecule has 2 aromatic heterocycles. The molecule has 0 aliphatic rings. The molecule has 0 aliphatic heterocycles. The molecule has 4 nitrogen and oxygen atoms in total. The number of aromatic nitrogens is 2. The number of rotatable bonds is 5. The van der Waals surface area contributed by atoms with E-state index in [0.717, 1.165) is 30.2 Å². The molecule has 1 aromatic carbocycles. The fraction of sp³-hybridized carbons (Fsp3) is 0.235. The second kappa shape index (κ2) is 5.97. The zero-order valence-corrected chi connectivity index (χ0v) is 12.1. The van der Waals surface area contributed by atoms with E-state index >= 15 is 0 Å². The molecule has 0 aliphatic carbocycles. The number of benzene rings is 1. The van der Waals surface area contributed by atoms with E-state index in [1.165, 1.54) is 5.56 Å². The number of anilines is 1. The number of aliphatic hydroxyl groups is 1. The third kappa shape index (κ3) is 2.62.